The smallest absolute Gasteiger partial charge is 0.254 e. The largest absolute Gasteiger partial charge is 0.490 e. The maximum absolute atomic E-state index is 13.3. The molecule has 0 atom stereocenters. The molecule has 1 amide bonds. The zero-order valence-electron chi connectivity index (χ0n) is 19.2. The Morgan fingerprint density at radius 2 is 2.00 bits per heavy atom. The van der Waals surface area contributed by atoms with Gasteiger partial charge < -0.3 is 14.8 Å². The average molecular weight is 466 g/mol. The molecule has 0 radical (unpaired) electrons. The molecule has 2 aromatic rings. The fourth-order valence-corrected chi connectivity index (χ4v) is 5.85. The molecule has 0 spiro atoms. The fraction of sp³-hybridized carbons (Fsp3) is 0.500. The van der Waals surface area contributed by atoms with E-state index in [0.717, 1.165) is 48.2 Å². The molecule has 33 heavy (non-hydrogen) atoms. The highest BCUT2D eigenvalue weighted by atomic mass is 32.1. The minimum absolute atomic E-state index is 0.0312. The number of amides is 1. The van der Waals surface area contributed by atoms with Crippen molar-refractivity contribution in [3.63, 3.8) is 0 Å². The zero-order valence-corrected chi connectivity index (χ0v) is 20.0. The normalized spacial score (nSPS) is 16.2. The summed E-state index contributed by atoms with van der Waals surface area (Å²) in [5.74, 6) is 1.15. The van der Waals surface area contributed by atoms with Crippen LogP contribution in [0.15, 0.2) is 23.2 Å². The Kier molecular flexibility index (Phi) is 8.01. The second-order valence-electron chi connectivity index (χ2n) is 8.54. The Labute approximate surface area is 199 Å². The second kappa shape index (κ2) is 11.3. The molecule has 0 saturated heterocycles. The molecular weight excluding hydrogens is 434 g/mol. The predicted molar refractivity (Wildman–Crippen MR) is 131 cm³/mol. The molecule has 2 aliphatic rings. The Hall–Kier alpha value is -2.85. The van der Waals surface area contributed by atoms with E-state index in [1.54, 1.807) is 23.6 Å². The van der Waals surface area contributed by atoms with Gasteiger partial charge in [0.2, 0.25) is 0 Å². The number of aliphatic imine (C=N–C) groups is 1. The number of carbonyl (C=O) groups is 1. The van der Waals surface area contributed by atoms with E-state index in [0.29, 0.717) is 18.1 Å². The van der Waals surface area contributed by atoms with Gasteiger partial charge in [0.1, 0.15) is 11.1 Å². The number of nitrogens with zero attached hydrogens (tertiary/aromatic N) is 2. The molecular formula is C26H31N3O3S. The number of carbonyl (C=O) groups excluding carboxylic acids is 1. The quantitative estimate of drug-likeness (QED) is 0.504. The summed E-state index contributed by atoms with van der Waals surface area (Å²) in [5, 5.41) is 12.9. The molecule has 1 N–H and O–H groups in total. The highest BCUT2D eigenvalue weighted by molar-refractivity contribution is 7.16. The van der Waals surface area contributed by atoms with E-state index in [1.165, 1.54) is 36.1 Å². The monoisotopic (exact) mass is 465 g/mol. The summed E-state index contributed by atoms with van der Waals surface area (Å²) < 4.78 is 11.1. The van der Waals surface area contributed by atoms with Gasteiger partial charge in [0.25, 0.3) is 5.91 Å². The first kappa shape index (κ1) is 23.3. The molecule has 0 aliphatic heterocycles. The van der Waals surface area contributed by atoms with E-state index >= 15 is 0 Å². The molecule has 1 aromatic carbocycles. The van der Waals surface area contributed by atoms with Gasteiger partial charge in [-0.05, 0) is 74.8 Å². The van der Waals surface area contributed by atoms with Crippen molar-refractivity contribution in [3.8, 4) is 17.6 Å². The number of rotatable bonds is 8. The SMILES string of the molecule is CCOc1cc(C=Nc2sc3c(c2C(=O)NC2CCCCC2)CCCC3)ccc1OCC#N. The number of aryl methyl sites for hydroxylation is 1. The van der Waals surface area contributed by atoms with Gasteiger partial charge in [-0.25, -0.2) is 4.99 Å². The fourth-order valence-electron chi connectivity index (χ4n) is 4.62. The van der Waals surface area contributed by atoms with Gasteiger partial charge in [-0.2, -0.15) is 5.26 Å². The topological polar surface area (TPSA) is 83.7 Å². The van der Waals surface area contributed by atoms with Crippen LogP contribution in [0.5, 0.6) is 11.5 Å². The van der Waals surface area contributed by atoms with E-state index < -0.39 is 0 Å². The predicted octanol–water partition coefficient (Wildman–Crippen LogP) is 5.74. The standard InChI is InChI=1S/C26H31N3O3S/c1-2-31-22-16-18(12-13-21(22)32-15-14-27)17-28-26-24(20-10-6-7-11-23(20)33-26)25(30)29-19-8-4-3-5-9-19/h12-13,16-17,19H,2-11,15H2,1H3,(H,29,30). The van der Waals surface area contributed by atoms with Gasteiger partial charge >= 0.3 is 0 Å². The van der Waals surface area contributed by atoms with Crippen molar-refractivity contribution in [2.75, 3.05) is 13.2 Å². The van der Waals surface area contributed by atoms with Crippen molar-refractivity contribution >= 4 is 28.5 Å². The maximum atomic E-state index is 13.3. The van der Waals surface area contributed by atoms with Crippen LogP contribution in [0.1, 0.15) is 78.2 Å². The lowest BCUT2D eigenvalue weighted by atomic mass is 9.93. The number of hydrogen-bond donors (Lipinski definition) is 1. The van der Waals surface area contributed by atoms with Crippen LogP contribution in [-0.4, -0.2) is 31.4 Å². The summed E-state index contributed by atoms with van der Waals surface area (Å²) in [6.45, 7) is 2.36. The van der Waals surface area contributed by atoms with E-state index in [9.17, 15) is 4.79 Å². The van der Waals surface area contributed by atoms with Gasteiger partial charge in [-0.1, -0.05) is 19.3 Å². The van der Waals surface area contributed by atoms with E-state index in [4.69, 9.17) is 19.7 Å². The van der Waals surface area contributed by atoms with Crippen molar-refractivity contribution in [1.29, 1.82) is 5.26 Å². The van der Waals surface area contributed by atoms with Crippen LogP contribution in [0, 0.1) is 11.3 Å². The van der Waals surface area contributed by atoms with Gasteiger partial charge in [0.15, 0.2) is 18.1 Å². The summed E-state index contributed by atoms with van der Waals surface area (Å²) >= 11 is 1.65. The lowest BCUT2D eigenvalue weighted by molar-refractivity contribution is 0.0927. The minimum Gasteiger partial charge on any atom is -0.490 e. The third-order valence-corrected chi connectivity index (χ3v) is 7.41. The van der Waals surface area contributed by atoms with Gasteiger partial charge in [0, 0.05) is 17.1 Å². The van der Waals surface area contributed by atoms with Gasteiger partial charge in [0.05, 0.1) is 12.2 Å². The molecule has 2 aliphatic carbocycles. The number of hydrogen-bond acceptors (Lipinski definition) is 6. The second-order valence-corrected chi connectivity index (χ2v) is 9.63. The summed E-state index contributed by atoms with van der Waals surface area (Å²) in [4.78, 5) is 19.4. The first-order chi connectivity index (χ1) is 16.2. The molecule has 1 fully saturated rings. The van der Waals surface area contributed by atoms with Crippen LogP contribution in [0.25, 0.3) is 0 Å². The molecule has 4 rings (SSSR count). The van der Waals surface area contributed by atoms with Crippen LogP contribution >= 0.6 is 11.3 Å². The minimum atomic E-state index is -0.0340. The number of nitrogens with one attached hydrogen (secondary N) is 1. The molecule has 0 bridgehead atoms. The summed E-state index contributed by atoms with van der Waals surface area (Å²) in [6.07, 6.45) is 11.8. The van der Waals surface area contributed by atoms with E-state index in [2.05, 4.69) is 5.32 Å². The molecule has 1 aromatic heterocycles. The Balaban J connectivity index is 1.59. The Morgan fingerprint density at radius 1 is 1.18 bits per heavy atom. The molecule has 6 nitrogen and oxygen atoms in total. The van der Waals surface area contributed by atoms with Gasteiger partial charge in [-0.3, -0.25) is 4.79 Å². The van der Waals surface area contributed by atoms with Crippen LogP contribution in [-0.2, 0) is 12.8 Å². The van der Waals surface area contributed by atoms with Crippen molar-refractivity contribution < 1.29 is 14.3 Å². The zero-order chi connectivity index (χ0) is 23.0. The molecule has 174 valence electrons. The lowest BCUT2D eigenvalue weighted by Gasteiger charge is -2.23. The van der Waals surface area contributed by atoms with Crippen molar-refractivity contribution in [3.05, 3.63) is 39.8 Å². The Bertz CT molecular complexity index is 1050. The van der Waals surface area contributed by atoms with Crippen LogP contribution in [0.3, 0.4) is 0 Å². The van der Waals surface area contributed by atoms with Crippen LogP contribution < -0.4 is 14.8 Å². The van der Waals surface area contributed by atoms with Crippen molar-refractivity contribution in [2.45, 2.75) is 70.8 Å². The summed E-state index contributed by atoms with van der Waals surface area (Å²) in [5.41, 5.74) is 2.82. The molecule has 0 unspecified atom stereocenters. The highest BCUT2D eigenvalue weighted by Gasteiger charge is 2.27. The number of ether oxygens (including phenoxy) is 2. The lowest BCUT2D eigenvalue weighted by Crippen LogP contribution is -2.36. The van der Waals surface area contributed by atoms with Gasteiger partial charge in [-0.15, -0.1) is 11.3 Å². The number of thiophene rings is 1. The van der Waals surface area contributed by atoms with Crippen LogP contribution in [0.2, 0.25) is 0 Å². The van der Waals surface area contributed by atoms with E-state index in [1.807, 2.05) is 25.1 Å². The van der Waals surface area contributed by atoms with Crippen LogP contribution in [0.4, 0.5) is 5.00 Å². The summed E-state index contributed by atoms with van der Waals surface area (Å²) in [6, 6.07) is 7.78. The highest BCUT2D eigenvalue weighted by Crippen LogP contribution is 2.40. The first-order valence-corrected chi connectivity index (χ1v) is 12.8. The molecule has 1 saturated carbocycles. The maximum Gasteiger partial charge on any atom is 0.254 e. The number of benzene rings is 1. The van der Waals surface area contributed by atoms with Crippen molar-refractivity contribution in [2.24, 2.45) is 4.99 Å². The third kappa shape index (κ3) is 5.75. The third-order valence-electron chi connectivity index (χ3n) is 6.21. The van der Waals surface area contributed by atoms with E-state index in [-0.39, 0.29) is 18.6 Å². The number of nitriles is 1. The Morgan fingerprint density at radius 3 is 2.79 bits per heavy atom. The average Bonchev–Trinajstić information content (AvgIpc) is 3.21. The van der Waals surface area contributed by atoms with Crippen molar-refractivity contribution in [1.82, 2.24) is 5.32 Å². The molecule has 7 heteroatoms. The molecule has 1 heterocycles. The number of fused-ring (bicyclic) bond motifs is 1. The first-order valence-electron chi connectivity index (χ1n) is 12.0. The summed E-state index contributed by atoms with van der Waals surface area (Å²) in [7, 11) is 0.